The summed E-state index contributed by atoms with van der Waals surface area (Å²) in [5.41, 5.74) is -20.2. The Hall–Kier alpha value is -2.74. The van der Waals surface area contributed by atoms with Crippen LogP contribution in [-0.4, -0.2) is 8.74 Å². The first-order chi connectivity index (χ1) is 16.9. The molecule has 2 aromatic rings. The number of hydrogen-bond donors (Lipinski definition) is 0. The number of hydrogen-bond acceptors (Lipinski definition) is 0. The zero-order chi connectivity index (χ0) is 30.9. The molecular formula is C18H4F20Si. The molecule has 0 saturated heterocycles. The van der Waals surface area contributed by atoms with E-state index in [9.17, 15) is 79.0 Å². The lowest BCUT2D eigenvalue weighted by Gasteiger charge is -2.29. The van der Waals surface area contributed by atoms with Crippen LogP contribution in [0.2, 0.25) is 0 Å². The monoisotopic (exact) mass is 628 g/mol. The SMILES string of the molecule is FC(F)(F)c1cc(C(F)(F)F)c([Si](F)(F)c2c(C(F)(F)F)cc(C(F)(F)F)cc2C(F)(F)F)c(C(F)(F)F)c1. The Morgan fingerprint density at radius 2 is 0.513 bits per heavy atom. The fourth-order valence-electron chi connectivity index (χ4n) is 3.31. The first-order valence-corrected chi connectivity index (χ1v) is 10.8. The van der Waals surface area contributed by atoms with E-state index in [4.69, 9.17) is 0 Å². The Balaban J connectivity index is 3.33. The second-order valence-electron chi connectivity index (χ2n) is 7.45. The van der Waals surface area contributed by atoms with Crippen LogP contribution in [0.1, 0.15) is 33.4 Å². The molecule has 0 aromatic heterocycles. The molecule has 21 heteroatoms. The third-order valence-electron chi connectivity index (χ3n) is 4.78. The third kappa shape index (κ3) is 6.53. The predicted molar refractivity (Wildman–Crippen MR) is 90.1 cm³/mol. The van der Waals surface area contributed by atoms with Crippen molar-refractivity contribution in [2.75, 3.05) is 0 Å². The molecule has 0 N–H and O–H groups in total. The van der Waals surface area contributed by atoms with Gasteiger partial charge in [-0.1, -0.05) is 0 Å². The summed E-state index contributed by atoms with van der Waals surface area (Å²) in [6, 6.07) is -5.57. The van der Waals surface area contributed by atoms with Gasteiger partial charge >= 0.3 is 45.8 Å². The van der Waals surface area contributed by atoms with E-state index in [1.165, 1.54) is 0 Å². The van der Waals surface area contributed by atoms with E-state index in [-0.39, 0.29) is 0 Å². The van der Waals surface area contributed by atoms with Gasteiger partial charge in [0.1, 0.15) is 0 Å². The van der Waals surface area contributed by atoms with Crippen molar-refractivity contribution in [1.82, 2.24) is 0 Å². The highest BCUT2D eigenvalue weighted by Crippen LogP contribution is 2.44. The molecule has 220 valence electrons. The number of benzene rings is 2. The lowest BCUT2D eigenvalue weighted by atomic mass is 10.0. The van der Waals surface area contributed by atoms with Gasteiger partial charge in [-0.2, -0.15) is 79.0 Å². The summed E-state index contributed by atoms with van der Waals surface area (Å²) in [6.45, 7) is 0. The Morgan fingerprint density at radius 1 is 0.333 bits per heavy atom. The highest BCUT2D eigenvalue weighted by molar-refractivity contribution is 6.93. The molecule has 39 heavy (non-hydrogen) atoms. The summed E-state index contributed by atoms with van der Waals surface area (Å²) in [6.07, 6.45) is -38.9. The topological polar surface area (TPSA) is 0 Å². The van der Waals surface area contributed by atoms with Gasteiger partial charge < -0.3 is 0 Å². The molecular weight excluding hydrogens is 624 g/mol. The average Bonchev–Trinajstić information content (AvgIpc) is 2.67. The molecule has 0 aliphatic carbocycles. The van der Waals surface area contributed by atoms with Gasteiger partial charge in [0.05, 0.1) is 33.4 Å². The van der Waals surface area contributed by atoms with Crippen molar-refractivity contribution in [1.29, 1.82) is 0 Å². The van der Waals surface area contributed by atoms with E-state index >= 15 is 8.22 Å². The second-order valence-corrected chi connectivity index (χ2v) is 9.60. The van der Waals surface area contributed by atoms with Crippen molar-refractivity contribution in [3.8, 4) is 0 Å². The lowest BCUT2D eigenvalue weighted by Crippen LogP contribution is -2.59. The molecule has 2 rings (SSSR count). The summed E-state index contributed by atoms with van der Waals surface area (Å²) >= 11 is 0. The Bertz CT molecular complexity index is 1070. The van der Waals surface area contributed by atoms with Crippen LogP contribution >= 0.6 is 0 Å². The molecule has 0 radical (unpaired) electrons. The molecule has 0 nitrogen and oxygen atoms in total. The van der Waals surface area contributed by atoms with E-state index in [1.807, 2.05) is 0 Å². The first kappa shape index (κ1) is 32.5. The second kappa shape index (κ2) is 9.15. The summed E-state index contributed by atoms with van der Waals surface area (Å²) in [7, 11) is -8.85. The van der Waals surface area contributed by atoms with Gasteiger partial charge in [0.15, 0.2) is 0 Å². The van der Waals surface area contributed by atoms with Crippen molar-refractivity contribution < 1.29 is 87.2 Å². The van der Waals surface area contributed by atoms with Gasteiger partial charge in [0.25, 0.3) is 0 Å². The van der Waals surface area contributed by atoms with Crippen LogP contribution in [0.25, 0.3) is 0 Å². The molecule has 0 saturated carbocycles. The molecule has 0 spiro atoms. The van der Waals surface area contributed by atoms with Crippen molar-refractivity contribution in [3.05, 3.63) is 57.6 Å². The standard InChI is InChI=1S/C18H4F20Si/c19-13(20,21)5-1-7(15(25,26)27)11(8(2-5)16(28,29)30)39(37,38)12-9(17(31,32)33)3-6(14(22,23)24)4-10(12)18(34,35)36/h1-4H. The molecule has 0 bridgehead atoms. The Labute approximate surface area is 202 Å². The number of halogens is 20. The van der Waals surface area contributed by atoms with E-state index < -0.39 is 114 Å². The first-order valence-electron chi connectivity index (χ1n) is 9.09. The maximum atomic E-state index is 15.5. The maximum Gasteiger partial charge on any atom is 0.489 e. The quantitative estimate of drug-likeness (QED) is 0.179. The molecule has 0 aliphatic rings. The van der Waals surface area contributed by atoms with Crippen molar-refractivity contribution in [2.24, 2.45) is 0 Å². The van der Waals surface area contributed by atoms with Crippen molar-refractivity contribution in [2.45, 2.75) is 37.1 Å². The van der Waals surface area contributed by atoms with Crippen LogP contribution in [0.15, 0.2) is 24.3 Å². The predicted octanol–water partition coefficient (Wildman–Crippen LogP) is 8.29. The molecule has 0 unspecified atom stereocenters. The van der Waals surface area contributed by atoms with Gasteiger partial charge in [-0.3, -0.25) is 8.22 Å². The zero-order valence-electron chi connectivity index (χ0n) is 17.4. The summed E-state index contributed by atoms with van der Waals surface area (Å²) in [4.78, 5) is 0. The molecule has 0 atom stereocenters. The van der Waals surface area contributed by atoms with E-state index in [0.717, 1.165) is 0 Å². The van der Waals surface area contributed by atoms with Crippen LogP contribution in [-0.2, 0) is 37.1 Å². The van der Waals surface area contributed by atoms with Crippen molar-refractivity contribution in [3.63, 3.8) is 0 Å². The average molecular weight is 628 g/mol. The van der Waals surface area contributed by atoms with Gasteiger partial charge in [-0.25, -0.2) is 0 Å². The van der Waals surface area contributed by atoms with Gasteiger partial charge in [0, 0.05) is 10.4 Å². The van der Waals surface area contributed by atoms with E-state index in [1.54, 1.807) is 0 Å². The van der Waals surface area contributed by atoms with Crippen LogP contribution < -0.4 is 10.4 Å². The molecule has 0 amide bonds. The molecule has 2 aromatic carbocycles. The Morgan fingerprint density at radius 3 is 0.641 bits per heavy atom. The summed E-state index contributed by atoms with van der Waals surface area (Å²) in [5, 5.41) is -7.41. The highest BCUT2D eigenvalue weighted by atomic mass is 28.4. The van der Waals surface area contributed by atoms with Crippen LogP contribution in [0.4, 0.5) is 87.2 Å². The fourth-order valence-corrected chi connectivity index (χ4v) is 5.77. The van der Waals surface area contributed by atoms with Gasteiger partial charge in [-0.05, 0) is 24.3 Å². The normalized spacial score (nSPS) is 14.7. The minimum atomic E-state index is -8.85. The molecule has 0 heterocycles. The fraction of sp³-hybridized carbons (Fsp3) is 0.333. The number of rotatable bonds is 2. The largest absolute Gasteiger partial charge is 0.489 e. The summed E-state index contributed by atoms with van der Waals surface area (Å²) in [5.74, 6) is 0. The van der Waals surface area contributed by atoms with Gasteiger partial charge in [0.2, 0.25) is 0 Å². The van der Waals surface area contributed by atoms with Crippen LogP contribution in [0.3, 0.4) is 0 Å². The number of alkyl halides is 18. The molecule has 0 aliphatic heterocycles. The van der Waals surface area contributed by atoms with E-state index in [0.29, 0.717) is 0 Å². The minimum Gasteiger partial charge on any atom is -0.259 e. The maximum absolute atomic E-state index is 15.5. The Kier molecular flexibility index (Phi) is 7.61. The summed E-state index contributed by atoms with van der Waals surface area (Å²) < 4.78 is 270. The zero-order valence-corrected chi connectivity index (χ0v) is 18.4. The highest BCUT2D eigenvalue weighted by Gasteiger charge is 2.60. The lowest BCUT2D eigenvalue weighted by molar-refractivity contribution is -0.149. The minimum absolute atomic E-state index is 1.39. The third-order valence-corrected chi connectivity index (χ3v) is 7.11. The molecule has 0 fully saturated rings. The van der Waals surface area contributed by atoms with Gasteiger partial charge in [-0.15, -0.1) is 0 Å². The van der Waals surface area contributed by atoms with Crippen LogP contribution in [0.5, 0.6) is 0 Å². The van der Waals surface area contributed by atoms with Crippen LogP contribution in [0, 0.1) is 0 Å². The van der Waals surface area contributed by atoms with Crippen molar-refractivity contribution >= 4 is 19.1 Å². The smallest absolute Gasteiger partial charge is 0.259 e. The van der Waals surface area contributed by atoms with E-state index in [2.05, 4.69) is 0 Å².